The van der Waals surface area contributed by atoms with Gasteiger partial charge < -0.3 is 9.15 Å². The van der Waals surface area contributed by atoms with E-state index >= 15 is 0 Å². The van der Waals surface area contributed by atoms with Crippen LogP contribution in [0.1, 0.15) is 17.4 Å². The Morgan fingerprint density at radius 1 is 1.07 bits per heavy atom. The molecule has 2 heterocycles. The highest BCUT2D eigenvalue weighted by molar-refractivity contribution is 6.03. The van der Waals surface area contributed by atoms with Crippen LogP contribution >= 0.6 is 0 Å². The van der Waals surface area contributed by atoms with Gasteiger partial charge in [0.1, 0.15) is 11.3 Å². The van der Waals surface area contributed by atoms with Crippen LogP contribution in [0.4, 0.5) is 0 Å². The molecular weight excluding hydrogens is 348 g/mol. The molecule has 0 atom stereocenters. The summed E-state index contributed by atoms with van der Waals surface area (Å²) in [4.78, 5) is 36.5. The smallest absolute Gasteiger partial charge is 0.364 e. The van der Waals surface area contributed by atoms with Gasteiger partial charge in [-0.1, -0.05) is 18.2 Å². The molecule has 0 aliphatic rings. The van der Waals surface area contributed by atoms with Gasteiger partial charge in [0, 0.05) is 29.4 Å². The van der Waals surface area contributed by atoms with E-state index in [-0.39, 0.29) is 17.0 Å². The van der Waals surface area contributed by atoms with Gasteiger partial charge in [-0.3, -0.25) is 4.79 Å². The van der Waals surface area contributed by atoms with Crippen LogP contribution in [0.25, 0.3) is 21.7 Å². The minimum atomic E-state index is -0.703. The van der Waals surface area contributed by atoms with E-state index in [1.807, 2.05) is 0 Å². The maximum atomic E-state index is 12.7. The van der Waals surface area contributed by atoms with Crippen LogP contribution in [0.2, 0.25) is 0 Å². The molecule has 134 valence electrons. The van der Waals surface area contributed by atoms with Gasteiger partial charge >= 0.3 is 11.6 Å². The monoisotopic (exact) mass is 362 g/mol. The summed E-state index contributed by atoms with van der Waals surface area (Å²) < 4.78 is 11.7. The van der Waals surface area contributed by atoms with E-state index in [1.165, 1.54) is 16.8 Å². The Bertz CT molecular complexity index is 1300. The third-order valence-electron chi connectivity index (χ3n) is 4.17. The topological polar surface area (TPSA) is 91.4 Å². The molecule has 0 saturated heterocycles. The molecule has 0 saturated carbocycles. The number of benzene rings is 2. The number of aromatic nitrogens is 2. The van der Waals surface area contributed by atoms with Crippen molar-refractivity contribution in [3.8, 4) is 5.75 Å². The number of carbonyl (C=O) groups excluding carboxylic acids is 1. The maximum absolute atomic E-state index is 12.7. The first-order chi connectivity index (χ1) is 13.1. The standard InChI is InChI=1S/C20H14N2O5/c1-2-22-19(24)15-6-4-3-5-14(15)18(21-22)20(25)26-13-9-7-12-8-10-17(23)27-16(12)11-13/h3-11H,2H2,1H3. The van der Waals surface area contributed by atoms with Crippen molar-refractivity contribution in [2.45, 2.75) is 13.5 Å². The Balaban J connectivity index is 1.78. The first-order valence-electron chi connectivity index (χ1n) is 8.33. The van der Waals surface area contributed by atoms with Crippen molar-refractivity contribution >= 4 is 27.7 Å². The van der Waals surface area contributed by atoms with Crippen molar-refractivity contribution < 1.29 is 13.9 Å². The third-order valence-corrected chi connectivity index (χ3v) is 4.17. The molecule has 0 unspecified atom stereocenters. The second-order valence-corrected chi connectivity index (χ2v) is 5.86. The number of fused-ring (bicyclic) bond motifs is 2. The molecular formula is C20H14N2O5. The van der Waals surface area contributed by atoms with E-state index in [2.05, 4.69) is 5.10 Å². The van der Waals surface area contributed by atoms with E-state index in [0.717, 1.165) is 0 Å². The largest absolute Gasteiger partial charge is 0.423 e. The number of rotatable bonds is 3. The van der Waals surface area contributed by atoms with Crippen LogP contribution in [0.3, 0.4) is 0 Å². The van der Waals surface area contributed by atoms with Crippen molar-refractivity contribution in [1.82, 2.24) is 9.78 Å². The van der Waals surface area contributed by atoms with E-state index in [0.29, 0.717) is 28.3 Å². The molecule has 0 fully saturated rings. The predicted molar refractivity (Wildman–Crippen MR) is 99.1 cm³/mol. The number of esters is 1. The average Bonchev–Trinajstić information content (AvgIpc) is 2.68. The zero-order valence-electron chi connectivity index (χ0n) is 14.3. The zero-order valence-corrected chi connectivity index (χ0v) is 14.3. The van der Waals surface area contributed by atoms with Crippen LogP contribution in [0.15, 0.2) is 68.6 Å². The second kappa shape index (κ2) is 6.53. The number of aryl methyl sites for hydroxylation is 1. The van der Waals surface area contributed by atoms with Crippen molar-refractivity contribution in [1.29, 1.82) is 0 Å². The fraction of sp³-hybridized carbons (Fsp3) is 0.100. The summed E-state index contributed by atoms with van der Waals surface area (Å²) in [5.41, 5.74) is -0.406. The lowest BCUT2D eigenvalue weighted by atomic mass is 10.1. The maximum Gasteiger partial charge on any atom is 0.364 e. The van der Waals surface area contributed by atoms with Crippen molar-refractivity contribution in [2.24, 2.45) is 0 Å². The minimum absolute atomic E-state index is 0.0432. The van der Waals surface area contributed by atoms with E-state index < -0.39 is 11.6 Å². The van der Waals surface area contributed by atoms with E-state index in [4.69, 9.17) is 9.15 Å². The van der Waals surface area contributed by atoms with Gasteiger partial charge in [-0.2, -0.15) is 5.10 Å². The number of ether oxygens (including phenoxy) is 1. The summed E-state index contributed by atoms with van der Waals surface area (Å²) in [5.74, 6) is -0.493. The Hall–Kier alpha value is -3.74. The number of nitrogens with zero attached hydrogens (tertiary/aromatic N) is 2. The van der Waals surface area contributed by atoms with E-state index in [1.54, 1.807) is 49.4 Å². The molecule has 0 amide bonds. The van der Waals surface area contributed by atoms with Gasteiger partial charge in [0.05, 0.1) is 5.39 Å². The van der Waals surface area contributed by atoms with Crippen LogP contribution in [0.5, 0.6) is 5.75 Å². The van der Waals surface area contributed by atoms with E-state index in [9.17, 15) is 14.4 Å². The molecule has 0 radical (unpaired) electrons. The molecule has 2 aromatic carbocycles. The first kappa shape index (κ1) is 16.7. The summed E-state index contributed by atoms with van der Waals surface area (Å²) in [5, 5.41) is 5.67. The number of hydrogen-bond acceptors (Lipinski definition) is 6. The Morgan fingerprint density at radius 3 is 2.59 bits per heavy atom. The van der Waals surface area contributed by atoms with Crippen LogP contribution in [-0.4, -0.2) is 15.7 Å². The summed E-state index contributed by atoms with van der Waals surface area (Å²) in [6, 6.07) is 14.4. The molecule has 4 rings (SSSR count). The van der Waals surface area contributed by atoms with Crippen molar-refractivity contribution in [3.63, 3.8) is 0 Å². The zero-order chi connectivity index (χ0) is 19.0. The van der Waals surface area contributed by atoms with Gasteiger partial charge in [-0.05, 0) is 31.2 Å². The molecule has 2 aromatic heterocycles. The minimum Gasteiger partial charge on any atom is -0.423 e. The lowest BCUT2D eigenvalue weighted by Crippen LogP contribution is -2.26. The second-order valence-electron chi connectivity index (χ2n) is 5.86. The Morgan fingerprint density at radius 2 is 1.81 bits per heavy atom. The molecule has 4 aromatic rings. The highest BCUT2D eigenvalue weighted by Crippen LogP contribution is 2.21. The molecule has 0 aliphatic carbocycles. The lowest BCUT2D eigenvalue weighted by molar-refractivity contribution is 0.0728. The Kier molecular flexibility index (Phi) is 4.04. The van der Waals surface area contributed by atoms with Crippen LogP contribution in [-0.2, 0) is 6.54 Å². The van der Waals surface area contributed by atoms with Gasteiger partial charge in [-0.15, -0.1) is 0 Å². The van der Waals surface area contributed by atoms with Gasteiger partial charge in [0.25, 0.3) is 5.56 Å². The highest BCUT2D eigenvalue weighted by Gasteiger charge is 2.18. The van der Waals surface area contributed by atoms with Crippen molar-refractivity contribution in [3.05, 3.63) is 81.1 Å². The quantitative estimate of drug-likeness (QED) is 0.316. The summed E-state index contributed by atoms with van der Waals surface area (Å²) >= 11 is 0. The SMILES string of the molecule is CCn1nc(C(=O)Oc2ccc3ccc(=O)oc3c2)c2ccccc2c1=O. The van der Waals surface area contributed by atoms with Gasteiger partial charge in [0.15, 0.2) is 5.69 Å². The molecule has 0 bridgehead atoms. The van der Waals surface area contributed by atoms with Gasteiger partial charge in [0.2, 0.25) is 0 Å². The molecule has 0 spiro atoms. The number of hydrogen-bond donors (Lipinski definition) is 0. The molecule has 7 nitrogen and oxygen atoms in total. The highest BCUT2D eigenvalue weighted by atomic mass is 16.5. The van der Waals surface area contributed by atoms with Crippen molar-refractivity contribution in [2.75, 3.05) is 0 Å². The molecule has 0 aliphatic heterocycles. The molecule has 0 N–H and O–H groups in total. The first-order valence-corrected chi connectivity index (χ1v) is 8.33. The Labute approximate surface area is 152 Å². The fourth-order valence-electron chi connectivity index (χ4n) is 2.86. The average molecular weight is 362 g/mol. The summed E-state index contributed by atoms with van der Waals surface area (Å²) in [7, 11) is 0. The molecule has 27 heavy (non-hydrogen) atoms. The summed E-state index contributed by atoms with van der Waals surface area (Å²) in [6.07, 6.45) is 0. The predicted octanol–water partition coefficient (Wildman–Crippen LogP) is 2.74. The third kappa shape index (κ3) is 2.99. The fourth-order valence-corrected chi connectivity index (χ4v) is 2.86. The lowest BCUT2D eigenvalue weighted by Gasteiger charge is -2.09. The van der Waals surface area contributed by atoms with Crippen LogP contribution < -0.4 is 15.9 Å². The van der Waals surface area contributed by atoms with Crippen LogP contribution in [0, 0.1) is 0 Å². The summed E-state index contributed by atoms with van der Waals surface area (Å²) in [6.45, 7) is 2.09. The molecule has 7 heteroatoms. The normalized spacial score (nSPS) is 11.0. The number of carbonyl (C=O) groups is 1. The van der Waals surface area contributed by atoms with Gasteiger partial charge in [-0.25, -0.2) is 14.3 Å².